The maximum atomic E-state index is 12.9. The van der Waals surface area contributed by atoms with Crippen molar-refractivity contribution in [1.82, 2.24) is 29.8 Å². The average Bonchev–Trinajstić information content (AvgIpc) is 3.61. The lowest BCUT2D eigenvalue weighted by Gasteiger charge is -2.34. The third kappa shape index (κ3) is 3.81. The number of nitrogens with one attached hydrogen (secondary N) is 2. The highest BCUT2D eigenvalue weighted by Crippen LogP contribution is 2.35. The van der Waals surface area contributed by atoms with Crippen LogP contribution in [0.1, 0.15) is 35.1 Å². The summed E-state index contributed by atoms with van der Waals surface area (Å²) in [7, 11) is 0. The summed E-state index contributed by atoms with van der Waals surface area (Å²) in [5.74, 6) is 0.407. The Labute approximate surface area is 205 Å². The molecule has 10 nitrogen and oxygen atoms in total. The van der Waals surface area contributed by atoms with E-state index in [9.17, 15) is 9.59 Å². The summed E-state index contributed by atoms with van der Waals surface area (Å²) in [5, 5.41) is 7.70. The lowest BCUT2D eigenvalue weighted by molar-refractivity contribution is -0.127. The number of anilines is 2. The maximum Gasteiger partial charge on any atom is 0.261 e. The predicted octanol–water partition coefficient (Wildman–Crippen LogP) is 2.50. The van der Waals surface area contributed by atoms with Gasteiger partial charge in [-0.25, -0.2) is 9.50 Å². The molecule has 6 rings (SSSR count). The molecule has 180 valence electrons. The minimum atomic E-state index is -0.0443. The van der Waals surface area contributed by atoms with E-state index in [1.807, 2.05) is 22.8 Å². The Kier molecular flexibility index (Phi) is 5.21. The van der Waals surface area contributed by atoms with E-state index in [-0.39, 0.29) is 17.9 Å². The Bertz CT molecular complexity index is 1450. The van der Waals surface area contributed by atoms with Gasteiger partial charge in [-0.1, -0.05) is 6.08 Å². The molecule has 0 radical (unpaired) electrons. The summed E-state index contributed by atoms with van der Waals surface area (Å²) >= 11 is 1.49. The second-order valence-electron chi connectivity index (χ2n) is 9.07. The van der Waals surface area contributed by atoms with Crippen molar-refractivity contribution in [2.24, 2.45) is 0 Å². The van der Waals surface area contributed by atoms with Crippen molar-refractivity contribution in [3.05, 3.63) is 47.4 Å². The minimum absolute atomic E-state index is 0.0137. The van der Waals surface area contributed by atoms with Crippen LogP contribution in [0.3, 0.4) is 0 Å². The van der Waals surface area contributed by atoms with Gasteiger partial charge in [-0.15, -0.1) is 11.3 Å². The SMILES string of the molecule is CC(=O)N1CC=C(c2cc(N3CCC[C@@H](NC(=O)c4cc5[nH]ccc5s4)C3)c3c(N)ncnn23)C1. The number of carbonyl (C=O) groups excluding carboxylic acids is 2. The average molecular weight is 491 g/mol. The van der Waals surface area contributed by atoms with Crippen LogP contribution in [0, 0.1) is 0 Å². The summed E-state index contributed by atoms with van der Waals surface area (Å²) in [6.07, 6.45) is 7.25. The Hall–Kier alpha value is -3.86. The number of aromatic nitrogens is 4. The summed E-state index contributed by atoms with van der Waals surface area (Å²) < 4.78 is 2.90. The van der Waals surface area contributed by atoms with Gasteiger partial charge in [0.05, 0.1) is 26.5 Å². The predicted molar refractivity (Wildman–Crippen MR) is 137 cm³/mol. The first-order valence-electron chi connectivity index (χ1n) is 11.7. The molecule has 1 saturated heterocycles. The number of carbonyl (C=O) groups is 2. The molecule has 0 bridgehead atoms. The van der Waals surface area contributed by atoms with Crippen LogP contribution in [-0.2, 0) is 4.79 Å². The molecule has 0 aliphatic carbocycles. The first-order valence-corrected chi connectivity index (χ1v) is 12.5. The Balaban J connectivity index is 1.26. The number of fused-ring (bicyclic) bond motifs is 2. The first kappa shape index (κ1) is 21.7. The van der Waals surface area contributed by atoms with Gasteiger partial charge in [-0.3, -0.25) is 9.59 Å². The van der Waals surface area contributed by atoms with Gasteiger partial charge >= 0.3 is 0 Å². The molecule has 6 heterocycles. The molecule has 0 saturated carbocycles. The molecule has 11 heteroatoms. The van der Waals surface area contributed by atoms with E-state index in [1.165, 1.54) is 17.7 Å². The summed E-state index contributed by atoms with van der Waals surface area (Å²) in [5.41, 5.74) is 10.9. The lowest BCUT2D eigenvalue weighted by Crippen LogP contribution is -2.47. The van der Waals surface area contributed by atoms with Crippen molar-refractivity contribution >= 4 is 56.0 Å². The van der Waals surface area contributed by atoms with Gasteiger partial charge in [0.2, 0.25) is 5.91 Å². The molecule has 4 aromatic heterocycles. The summed E-state index contributed by atoms with van der Waals surface area (Å²) in [6, 6.07) is 5.99. The first-order chi connectivity index (χ1) is 17.0. The van der Waals surface area contributed by atoms with Crippen molar-refractivity contribution in [3.8, 4) is 0 Å². The normalized spacial score (nSPS) is 18.4. The number of hydrogen-bond acceptors (Lipinski definition) is 7. The Morgan fingerprint density at radius 3 is 3.00 bits per heavy atom. The molecule has 35 heavy (non-hydrogen) atoms. The molecule has 1 atom stereocenters. The molecule has 2 aliphatic rings. The number of hydrogen-bond donors (Lipinski definition) is 3. The number of thiophene rings is 1. The standard InChI is InChI=1S/C24H26N8O2S/c1-14(33)30-8-5-15(11-30)18-10-19(22-23(25)27-13-28-32(18)22)31-7-2-3-16(12-31)29-24(34)21-9-17-20(35-21)4-6-26-17/h4-6,9-10,13,16,26H,2-3,7-8,11-12H2,1H3,(H,29,34)(H2,25,27,28)/t16-/m1/s1. The number of nitrogen functional groups attached to an aromatic ring is 1. The van der Waals surface area contributed by atoms with Crippen LogP contribution in [0.15, 0.2) is 36.8 Å². The van der Waals surface area contributed by atoms with E-state index in [2.05, 4.69) is 37.4 Å². The van der Waals surface area contributed by atoms with E-state index >= 15 is 0 Å². The Morgan fingerprint density at radius 1 is 1.31 bits per heavy atom. The fourth-order valence-corrected chi connectivity index (χ4v) is 5.96. The molecule has 2 aliphatic heterocycles. The van der Waals surface area contributed by atoms with Crippen molar-refractivity contribution in [3.63, 3.8) is 0 Å². The smallest absolute Gasteiger partial charge is 0.261 e. The third-order valence-corrected chi connectivity index (χ3v) is 7.91. The van der Waals surface area contributed by atoms with Gasteiger partial charge in [0.1, 0.15) is 11.8 Å². The number of rotatable bonds is 4. The number of piperidine rings is 1. The largest absolute Gasteiger partial charge is 0.382 e. The molecule has 4 aromatic rings. The van der Waals surface area contributed by atoms with E-state index in [0.29, 0.717) is 30.3 Å². The molecule has 4 N–H and O–H groups in total. The minimum Gasteiger partial charge on any atom is -0.382 e. The number of H-pyrrole nitrogens is 1. The number of amides is 2. The zero-order valence-electron chi connectivity index (χ0n) is 19.3. The Morgan fingerprint density at radius 2 is 2.20 bits per heavy atom. The van der Waals surface area contributed by atoms with E-state index in [1.54, 1.807) is 11.8 Å². The molecule has 1 fully saturated rings. The fraction of sp³-hybridized carbons (Fsp3) is 0.333. The van der Waals surface area contributed by atoms with Crippen LogP contribution in [0.2, 0.25) is 0 Å². The highest BCUT2D eigenvalue weighted by Gasteiger charge is 2.28. The van der Waals surface area contributed by atoms with E-state index in [4.69, 9.17) is 5.73 Å². The molecular weight excluding hydrogens is 464 g/mol. The molecule has 0 aromatic carbocycles. The summed E-state index contributed by atoms with van der Waals surface area (Å²) in [6.45, 7) is 4.22. The zero-order valence-corrected chi connectivity index (χ0v) is 20.1. The van der Waals surface area contributed by atoms with Crippen molar-refractivity contribution < 1.29 is 9.59 Å². The van der Waals surface area contributed by atoms with Crippen molar-refractivity contribution in [2.75, 3.05) is 36.8 Å². The second-order valence-corrected chi connectivity index (χ2v) is 10.2. The molecular formula is C24H26N8O2S. The van der Waals surface area contributed by atoms with Gasteiger partial charge in [-0.05, 0) is 36.6 Å². The van der Waals surface area contributed by atoms with Crippen LogP contribution in [0.5, 0.6) is 0 Å². The summed E-state index contributed by atoms with van der Waals surface area (Å²) in [4.78, 5) is 36.9. The van der Waals surface area contributed by atoms with Crippen LogP contribution in [0.25, 0.3) is 21.3 Å². The monoisotopic (exact) mass is 490 g/mol. The number of nitrogens with two attached hydrogens (primary N) is 1. The van der Waals surface area contributed by atoms with Gasteiger partial charge in [0.25, 0.3) is 5.91 Å². The van der Waals surface area contributed by atoms with Crippen LogP contribution in [0.4, 0.5) is 11.5 Å². The van der Waals surface area contributed by atoms with Crippen LogP contribution in [-0.4, -0.2) is 68.5 Å². The van der Waals surface area contributed by atoms with Gasteiger partial charge in [-0.2, -0.15) is 5.10 Å². The van der Waals surface area contributed by atoms with Crippen molar-refractivity contribution in [2.45, 2.75) is 25.8 Å². The molecule has 0 spiro atoms. The fourth-order valence-electron chi connectivity index (χ4n) is 5.03. The molecule has 2 amide bonds. The van der Waals surface area contributed by atoms with Crippen molar-refractivity contribution in [1.29, 1.82) is 0 Å². The van der Waals surface area contributed by atoms with Crippen LogP contribution < -0.4 is 16.0 Å². The van der Waals surface area contributed by atoms with Gasteiger partial charge in [0.15, 0.2) is 5.82 Å². The number of aromatic amines is 1. The second kappa shape index (κ2) is 8.42. The zero-order chi connectivity index (χ0) is 24.1. The lowest BCUT2D eigenvalue weighted by atomic mass is 10.0. The quantitative estimate of drug-likeness (QED) is 0.404. The topological polar surface area (TPSA) is 125 Å². The van der Waals surface area contributed by atoms with E-state index in [0.717, 1.165) is 52.1 Å². The maximum absolute atomic E-state index is 12.9. The number of nitrogens with zero attached hydrogens (tertiary/aromatic N) is 5. The third-order valence-electron chi connectivity index (χ3n) is 6.81. The highest BCUT2D eigenvalue weighted by atomic mass is 32.1. The van der Waals surface area contributed by atoms with Gasteiger partial charge in [0, 0.05) is 45.3 Å². The van der Waals surface area contributed by atoms with Gasteiger partial charge < -0.3 is 25.8 Å². The van der Waals surface area contributed by atoms with E-state index < -0.39 is 0 Å². The molecule has 0 unspecified atom stereocenters. The van der Waals surface area contributed by atoms with Crippen LogP contribution >= 0.6 is 11.3 Å². The highest BCUT2D eigenvalue weighted by molar-refractivity contribution is 7.20.